The topological polar surface area (TPSA) is 0 Å². The van der Waals surface area contributed by atoms with Gasteiger partial charge in [-0.3, -0.25) is 0 Å². The predicted octanol–water partition coefficient (Wildman–Crippen LogP) is 9.22. The van der Waals surface area contributed by atoms with Crippen molar-refractivity contribution in [2.75, 3.05) is 5.75 Å². The van der Waals surface area contributed by atoms with Crippen molar-refractivity contribution in [2.24, 2.45) is 0 Å². The summed E-state index contributed by atoms with van der Waals surface area (Å²) < 4.78 is 171. The summed E-state index contributed by atoms with van der Waals surface area (Å²) in [6.07, 6.45) is -8.05. The van der Waals surface area contributed by atoms with Gasteiger partial charge in [0.1, 0.15) is 0 Å². The van der Waals surface area contributed by atoms with Gasteiger partial charge in [-0.15, -0.1) is 11.8 Å². The third-order valence-electron chi connectivity index (χ3n) is 5.02. The van der Waals surface area contributed by atoms with Gasteiger partial charge in [0.05, 0.1) is 0 Å². The van der Waals surface area contributed by atoms with Gasteiger partial charge in [-0.1, -0.05) is 49.1 Å². The Bertz CT molecular complexity index is 1040. The van der Waals surface area contributed by atoms with Crippen LogP contribution in [0, 0.1) is 0 Å². The molecule has 0 amide bonds. The van der Waals surface area contributed by atoms with E-state index in [9.17, 15) is 57.1 Å². The molecule has 0 aromatic heterocycles. The van der Waals surface area contributed by atoms with Gasteiger partial charge in [0, 0.05) is 17.1 Å². The normalized spacial score (nSPS) is 14.1. The highest BCUT2D eigenvalue weighted by molar-refractivity contribution is 7.99. The minimum absolute atomic E-state index is 0.168. The van der Waals surface area contributed by atoms with Crippen LogP contribution in [0.5, 0.6) is 0 Å². The minimum Gasteiger partial charge on any atom is -0.200 e. The van der Waals surface area contributed by atoms with E-state index in [1.165, 1.54) is 24.3 Å². The van der Waals surface area contributed by atoms with E-state index in [0.717, 1.165) is 11.1 Å². The number of halogens is 13. The third kappa shape index (κ3) is 5.18. The van der Waals surface area contributed by atoms with Crippen LogP contribution in [0.4, 0.5) is 57.1 Å². The van der Waals surface area contributed by atoms with Crippen molar-refractivity contribution in [3.05, 3.63) is 60.7 Å². The maximum absolute atomic E-state index is 13.9. The zero-order chi connectivity index (χ0) is 27.8. The van der Waals surface area contributed by atoms with Crippen LogP contribution in [-0.4, -0.2) is 41.5 Å². The molecule has 0 bridgehead atoms. The Kier molecular flexibility index (Phi) is 8.14. The van der Waals surface area contributed by atoms with E-state index in [2.05, 4.69) is 6.58 Å². The van der Waals surface area contributed by atoms with Crippen LogP contribution in [0.15, 0.2) is 60.0 Å². The summed E-state index contributed by atoms with van der Waals surface area (Å²) in [6, 6.07) is 12.7. The second kappa shape index (κ2) is 9.82. The first-order valence-electron chi connectivity index (χ1n) is 9.64. The standard InChI is InChI=1S/C22H15F13S/c1-2-13-3-5-14(6-4-13)15-7-9-16(10-8-15)36-12-11-17(23,24)18(25,26)19(27,28)20(29,30)21(31,32)22(33,34)35/h2-10H,1,11-12H2. The molecule has 2 rings (SSSR count). The van der Waals surface area contributed by atoms with Crippen molar-refractivity contribution in [2.45, 2.75) is 47.1 Å². The van der Waals surface area contributed by atoms with Crippen molar-refractivity contribution in [1.82, 2.24) is 0 Å². The Morgan fingerprint density at radius 2 is 1.00 bits per heavy atom. The molecule has 0 atom stereocenters. The van der Waals surface area contributed by atoms with Crippen LogP contribution >= 0.6 is 11.8 Å². The first-order valence-corrected chi connectivity index (χ1v) is 10.6. The van der Waals surface area contributed by atoms with E-state index in [-0.39, 0.29) is 4.90 Å². The van der Waals surface area contributed by atoms with Crippen molar-refractivity contribution < 1.29 is 57.1 Å². The van der Waals surface area contributed by atoms with Gasteiger partial charge in [-0.25, -0.2) is 0 Å². The zero-order valence-corrected chi connectivity index (χ0v) is 18.5. The fourth-order valence-corrected chi connectivity index (χ4v) is 3.73. The lowest BCUT2D eigenvalue weighted by Crippen LogP contribution is -2.70. The molecule has 2 aromatic rings. The first kappa shape index (κ1) is 29.8. The van der Waals surface area contributed by atoms with Gasteiger partial charge in [0.15, 0.2) is 0 Å². The van der Waals surface area contributed by atoms with E-state index in [4.69, 9.17) is 0 Å². The van der Waals surface area contributed by atoms with Gasteiger partial charge >= 0.3 is 35.8 Å². The molecule has 0 saturated heterocycles. The highest BCUT2D eigenvalue weighted by Gasteiger charge is 2.90. The molecule has 0 nitrogen and oxygen atoms in total. The number of rotatable bonds is 10. The van der Waals surface area contributed by atoms with E-state index in [1.54, 1.807) is 30.3 Å². The lowest BCUT2D eigenvalue weighted by atomic mass is 9.93. The molecule has 0 spiro atoms. The van der Waals surface area contributed by atoms with Crippen molar-refractivity contribution in [3.63, 3.8) is 0 Å². The predicted molar refractivity (Wildman–Crippen MR) is 108 cm³/mol. The fraction of sp³-hybridized carbons (Fsp3) is 0.364. The number of hydrogen-bond donors (Lipinski definition) is 0. The SMILES string of the molecule is C=Cc1ccc(-c2ccc(SCCC(F)(F)C(F)(F)C(F)(F)C(F)(F)C(F)(F)C(F)(F)F)cc2)cc1. The summed E-state index contributed by atoms with van der Waals surface area (Å²) >= 11 is 0.414. The molecule has 36 heavy (non-hydrogen) atoms. The second-order valence-electron chi connectivity index (χ2n) is 7.45. The van der Waals surface area contributed by atoms with Crippen LogP contribution in [0.2, 0.25) is 0 Å². The number of hydrogen-bond acceptors (Lipinski definition) is 1. The van der Waals surface area contributed by atoms with Gasteiger partial charge in [0.25, 0.3) is 0 Å². The van der Waals surface area contributed by atoms with Crippen LogP contribution in [0.3, 0.4) is 0 Å². The van der Waals surface area contributed by atoms with Crippen molar-refractivity contribution >= 4 is 17.8 Å². The monoisotopic (exact) mass is 558 g/mol. The Balaban J connectivity index is 2.14. The van der Waals surface area contributed by atoms with E-state index >= 15 is 0 Å². The quantitative estimate of drug-likeness (QED) is 0.207. The van der Waals surface area contributed by atoms with Gasteiger partial charge in [0.2, 0.25) is 0 Å². The van der Waals surface area contributed by atoms with Crippen molar-refractivity contribution in [3.8, 4) is 11.1 Å². The molecular weight excluding hydrogens is 543 g/mol. The van der Waals surface area contributed by atoms with Gasteiger partial charge in [-0.05, 0) is 28.8 Å². The Hall–Kier alpha value is -2.38. The molecule has 0 saturated carbocycles. The first-order chi connectivity index (χ1) is 16.2. The lowest BCUT2D eigenvalue weighted by molar-refractivity contribution is -0.439. The second-order valence-corrected chi connectivity index (χ2v) is 8.62. The summed E-state index contributed by atoms with van der Waals surface area (Å²) in [6.45, 7) is 3.59. The van der Waals surface area contributed by atoms with Crippen LogP contribution in [0.25, 0.3) is 17.2 Å². The minimum atomic E-state index is -7.88. The van der Waals surface area contributed by atoms with Gasteiger partial charge in [-0.2, -0.15) is 57.1 Å². The maximum atomic E-state index is 13.9. The molecule has 0 unspecified atom stereocenters. The van der Waals surface area contributed by atoms with Crippen LogP contribution in [0.1, 0.15) is 12.0 Å². The highest BCUT2D eigenvalue weighted by atomic mass is 32.2. The highest BCUT2D eigenvalue weighted by Crippen LogP contribution is 2.60. The average Bonchev–Trinajstić information content (AvgIpc) is 2.78. The summed E-state index contributed by atoms with van der Waals surface area (Å²) in [4.78, 5) is 0.168. The number of benzene rings is 2. The Morgan fingerprint density at radius 1 is 0.583 bits per heavy atom. The Labute approximate surface area is 200 Å². The maximum Gasteiger partial charge on any atom is 0.460 e. The molecule has 0 aliphatic rings. The summed E-state index contributed by atoms with van der Waals surface area (Å²) in [7, 11) is 0. The molecule has 14 heteroatoms. The Morgan fingerprint density at radius 3 is 1.42 bits per heavy atom. The summed E-state index contributed by atoms with van der Waals surface area (Å²) in [5.74, 6) is -37.8. The molecule has 0 N–H and O–H groups in total. The summed E-state index contributed by atoms with van der Waals surface area (Å²) in [5, 5.41) is 0. The molecule has 0 radical (unpaired) electrons. The zero-order valence-electron chi connectivity index (χ0n) is 17.6. The van der Waals surface area contributed by atoms with E-state index in [0.29, 0.717) is 17.3 Å². The van der Waals surface area contributed by atoms with Crippen molar-refractivity contribution in [1.29, 1.82) is 0 Å². The number of alkyl halides is 13. The average molecular weight is 558 g/mol. The third-order valence-corrected chi connectivity index (χ3v) is 6.03. The van der Waals surface area contributed by atoms with E-state index in [1.807, 2.05) is 0 Å². The smallest absolute Gasteiger partial charge is 0.200 e. The molecule has 0 fully saturated rings. The lowest BCUT2D eigenvalue weighted by Gasteiger charge is -2.39. The summed E-state index contributed by atoms with van der Waals surface area (Å²) in [5.41, 5.74) is 2.22. The molecule has 200 valence electrons. The molecule has 0 aliphatic carbocycles. The molecule has 0 heterocycles. The van der Waals surface area contributed by atoms with Crippen LogP contribution < -0.4 is 0 Å². The molecule has 0 aliphatic heterocycles. The largest absolute Gasteiger partial charge is 0.460 e. The number of thioether (sulfide) groups is 1. The molecule has 2 aromatic carbocycles. The fourth-order valence-electron chi connectivity index (χ4n) is 2.81. The molecular formula is C22H15F13S. The van der Waals surface area contributed by atoms with E-state index < -0.39 is 48.0 Å². The van der Waals surface area contributed by atoms with Crippen LogP contribution in [-0.2, 0) is 0 Å². The van der Waals surface area contributed by atoms with Gasteiger partial charge < -0.3 is 0 Å².